The second kappa shape index (κ2) is 2.14. The van der Waals surface area contributed by atoms with Crippen LogP contribution in [0.4, 0.5) is 0 Å². The van der Waals surface area contributed by atoms with Gasteiger partial charge in [0.05, 0.1) is 6.21 Å². The van der Waals surface area contributed by atoms with E-state index in [1.165, 1.54) is 0 Å². The summed E-state index contributed by atoms with van der Waals surface area (Å²) in [4.78, 5) is 20.9. The fourth-order valence-electron chi connectivity index (χ4n) is 0.411. The molecule has 4 nitrogen and oxygen atoms in total. The molecule has 0 aromatic carbocycles. The van der Waals surface area contributed by atoms with E-state index in [2.05, 4.69) is 5.10 Å². The zero-order valence-corrected chi connectivity index (χ0v) is 5.05. The van der Waals surface area contributed by atoms with Gasteiger partial charge < -0.3 is 0 Å². The maximum atomic E-state index is 10.5. The quantitative estimate of drug-likeness (QED) is 0.362. The largest absolute Gasteiger partial charge is 0.291 e. The molecule has 1 rings (SSSR count). The van der Waals surface area contributed by atoms with E-state index >= 15 is 0 Å². The Kier molecular flexibility index (Phi) is 1.48. The predicted molar refractivity (Wildman–Crippen MR) is 31.3 cm³/mol. The third-order valence-electron chi connectivity index (χ3n) is 0.847. The summed E-state index contributed by atoms with van der Waals surface area (Å²) in [7, 11) is 0. The van der Waals surface area contributed by atoms with Gasteiger partial charge in [0.15, 0.2) is 5.38 Å². The van der Waals surface area contributed by atoms with Crippen LogP contribution < -0.4 is 5.43 Å². The molecule has 1 unspecified atom stereocenters. The van der Waals surface area contributed by atoms with Crippen molar-refractivity contribution in [1.29, 1.82) is 0 Å². The lowest BCUT2D eigenvalue weighted by molar-refractivity contribution is -0.125. The minimum absolute atomic E-state index is 0.472. The third-order valence-corrected chi connectivity index (χ3v) is 1.26. The second-order valence-corrected chi connectivity index (χ2v) is 1.94. The van der Waals surface area contributed by atoms with Crippen LogP contribution in [-0.2, 0) is 9.59 Å². The molecular formula is C4H3ClN2O2. The summed E-state index contributed by atoms with van der Waals surface area (Å²) in [6.45, 7) is 0. The molecule has 0 aromatic heterocycles. The summed E-state index contributed by atoms with van der Waals surface area (Å²) in [5.74, 6) is -1.04. The molecule has 9 heavy (non-hydrogen) atoms. The first-order valence-corrected chi connectivity index (χ1v) is 2.66. The number of nitrogens with zero attached hydrogens (tertiary/aromatic N) is 1. The van der Waals surface area contributed by atoms with Gasteiger partial charge in [0, 0.05) is 0 Å². The van der Waals surface area contributed by atoms with Gasteiger partial charge >= 0.3 is 0 Å². The van der Waals surface area contributed by atoms with Crippen molar-refractivity contribution in [3.8, 4) is 0 Å². The number of halogens is 1. The molecular weight excluding hydrogens is 144 g/mol. The number of Topliss-reactive ketones (excluding diaryl/α,β-unsaturated/α-hetero) is 1. The Morgan fingerprint density at radius 3 is 2.78 bits per heavy atom. The van der Waals surface area contributed by atoms with Gasteiger partial charge in [-0.3, -0.25) is 9.59 Å². The van der Waals surface area contributed by atoms with E-state index in [1.54, 1.807) is 0 Å². The van der Waals surface area contributed by atoms with E-state index in [-0.39, 0.29) is 0 Å². The Morgan fingerprint density at radius 2 is 2.33 bits per heavy atom. The summed E-state index contributed by atoms with van der Waals surface area (Å²) in [5.41, 5.74) is 2.04. The predicted octanol–water partition coefficient (Wildman–Crippen LogP) is -0.722. The molecule has 48 valence electrons. The standard InChI is InChI=1S/C4H3ClN2O2/c5-3-2(8)1-6-7-4(3)9/h1,3H,(H,7,9). The Morgan fingerprint density at radius 1 is 1.67 bits per heavy atom. The molecule has 0 radical (unpaired) electrons. The van der Waals surface area contributed by atoms with Gasteiger partial charge in [-0.25, -0.2) is 5.43 Å². The topological polar surface area (TPSA) is 58.5 Å². The van der Waals surface area contributed by atoms with Crippen molar-refractivity contribution in [1.82, 2.24) is 5.43 Å². The lowest BCUT2D eigenvalue weighted by atomic mass is 10.3. The Bertz CT molecular complexity index is 189. The van der Waals surface area contributed by atoms with Crippen LogP contribution in [0.25, 0.3) is 0 Å². The van der Waals surface area contributed by atoms with E-state index in [9.17, 15) is 9.59 Å². The molecule has 1 amide bonds. The molecule has 0 spiro atoms. The molecule has 0 aliphatic carbocycles. The monoisotopic (exact) mass is 146 g/mol. The maximum Gasteiger partial charge on any atom is 0.266 e. The average Bonchev–Trinajstić information content (AvgIpc) is 1.83. The molecule has 5 heteroatoms. The first kappa shape index (κ1) is 6.22. The molecule has 1 aliphatic rings. The lowest BCUT2D eigenvalue weighted by Crippen LogP contribution is -2.38. The molecule has 0 bridgehead atoms. The third kappa shape index (κ3) is 1.08. The summed E-state index contributed by atoms with van der Waals surface area (Å²) in [6, 6.07) is 0. The molecule has 1 N–H and O–H groups in total. The van der Waals surface area contributed by atoms with Crippen molar-refractivity contribution in [3.05, 3.63) is 0 Å². The number of amides is 1. The van der Waals surface area contributed by atoms with Crippen LogP contribution in [-0.4, -0.2) is 23.3 Å². The number of hydrogen-bond donors (Lipinski definition) is 1. The van der Waals surface area contributed by atoms with Crippen LogP contribution in [0.2, 0.25) is 0 Å². The van der Waals surface area contributed by atoms with E-state index in [0.717, 1.165) is 6.21 Å². The van der Waals surface area contributed by atoms with Gasteiger partial charge in [-0.05, 0) is 0 Å². The number of rotatable bonds is 0. The van der Waals surface area contributed by atoms with Crippen LogP contribution in [0.15, 0.2) is 5.10 Å². The second-order valence-electron chi connectivity index (χ2n) is 1.50. The molecule has 1 heterocycles. The van der Waals surface area contributed by atoms with Crippen molar-refractivity contribution in [2.24, 2.45) is 5.10 Å². The first-order chi connectivity index (χ1) is 4.22. The summed E-state index contributed by atoms with van der Waals surface area (Å²) >= 11 is 5.26. The average molecular weight is 147 g/mol. The summed E-state index contributed by atoms with van der Waals surface area (Å²) in [6.07, 6.45) is 0.985. The molecule has 1 atom stereocenters. The van der Waals surface area contributed by atoms with Crippen molar-refractivity contribution in [2.75, 3.05) is 0 Å². The number of nitrogens with one attached hydrogen (secondary N) is 1. The first-order valence-electron chi connectivity index (χ1n) is 2.22. The van der Waals surface area contributed by atoms with Crippen LogP contribution >= 0.6 is 11.6 Å². The lowest BCUT2D eigenvalue weighted by Gasteiger charge is -2.06. The van der Waals surface area contributed by atoms with Gasteiger partial charge in [-0.15, -0.1) is 11.6 Å². The minimum Gasteiger partial charge on any atom is -0.291 e. The smallest absolute Gasteiger partial charge is 0.266 e. The van der Waals surface area contributed by atoms with Crippen molar-refractivity contribution in [2.45, 2.75) is 5.38 Å². The zero-order valence-electron chi connectivity index (χ0n) is 4.30. The number of carbonyl (C=O) groups excluding carboxylic acids is 2. The highest BCUT2D eigenvalue weighted by atomic mass is 35.5. The van der Waals surface area contributed by atoms with E-state index < -0.39 is 17.1 Å². The van der Waals surface area contributed by atoms with Gasteiger partial charge in [0.25, 0.3) is 5.91 Å². The number of hydrogen-bond acceptors (Lipinski definition) is 3. The van der Waals surface area contributed by atoms with Crippen molar-refractivity contribution >= 4 is 29.5 Å². The van der Waals surface area contributed by atoms with E-state index in [0.29, 0.717) is 0 Å². The van der Waals surface area contributed by atoms with Crippen LogP contribution in [0.3, 0.4) is 0 Å². The van der Waals surface area contributed by atoms with Gasteiger partial charge in [0.2, 0.25) is 5.78 Å². The molecule has 0 saturated carbocycles. The molecule has 1 aliphatic heterocycles. The molecule has 0 fully saturated rings. The van der Waals surface area contributed by atoms with Gasteiger partial charge in [-0.2, -0.15) is 5.10 Å². The van der Waals surface area contributed by atoms with Crippen LogP contribution in [0.1, 0.15) is 0 Å². The number of carbonyl (C=O) groups is 2. The molecule has 0 saturated heterocycles. The van der Waals surface area contributed by atoms with Crippen molar-refractivity contribution in [3.63, 3.8) is 0 Å². The number of alkyl halides is 1. The van der Waals surface area contributed by atoms with Crippen LogP contribution in [0.5, 0.6) is 0 Å². The number of hydrazone groups is 1. The normalized spacial score (nSPS) is 26.1. The number of ketones is 1. The highest BCUT2D eigenvalue weighted by Crippen LogP contribution is 1.98. The SMILES string of the molecule is O=C1C=NNC(=O)C1Cl. The van der Waals surface area contributed by atoms with Crippen LogP contribution in [0, 0.1) is 0 Å². The maximum absolute atomic E-state index is 10.5. The fraction of sp³-hybridized carbons (Fsp3) is 0.250. The van der Waals surface area contributed by atoms with Gasteiger partial charge in [0.1, 0.15) is 0 Å². The Balaban J connectivity index is 2.81. The van der Waals surface area contributed by atoms with Gasteiger partial charge in [-0.1, -0.05) is 0 Å². The zero-order chi connectivity index (χ0) is 6.85. The Labute approximate surface area is 55.9 Å². The Hall–Kier alpha value is -0.900. The molecule has 0 aromatic rings. The minimum atomic E-state index is -1.09. The highest BCUT2D eigenvalue weighted by Gasteiger charge is 2.24. The summed E-state index contributed by atoms with van der Waals surface area (Å²) in [5, 5.41) is 2.14. The van der Waals surface area contributed by atoms with E-state index in [1.807, 2.05) is 5.43 Å². The van der Waals surface area contributed by atoms with Crippen molar-refractivity contribution < 1.29 is 9.59 Å². The summed E-state index contributed by atoms with van der Waals surface area (Å²) < 4.78 is 0. The highest BCUT2D eigenvalue weighted by molar-refractivity contribution is 6.53. The fourth-order valence-corrected chi connectivity index (χ4v) is 0.516. The van der Waals surface area contributed by atoms with E-state index in [4.69, 9.17) is 11.6 Å².